The zero-order chi connectivity index (χ0) is 15.0. The van der Waals surface area contributed by atoms with Crippen LogP contribution >= 0.6 is 0 Å². The topological polar surface area (TPSA) is 35.2 Å². The van der Waals surface area contributed by atoms with Crippen molar-refractivity contribution < 1.29 is 9.13 Å². The summed E-state index contributed by atoms with van der Waals surface area (Å²) in [5.41, 5.74) is 9.64. The zero-order valence-corrected chi connectivity index (χ0v) is 12.3. The van der Waals surface area contributed by atoms with Crippen molar-refractivity contribution in [2.75, 3.05) is 0 Å². The number of hydrogen-bond acceptors (Lipinski definition) is 2. The number of halogens is 1. The number of benzene rings is 2. The van der Waals surface area contributed by atoms with E-state index in [9.17, 15) is 4.39 Å². The van der Waals surface area contributed by atoms with Crippen molar-refractivity contribution in [2.24, 2.45) is 5.73 Å². The first-order valence-corrected chi connectivity index (χ1v) is 7.33. The van der Waals surface area contributed by atoms with E-state index >= 15 is 0 Å². The van der Waals surface area contributed by atoms with E-state index in [0.717, 1.165) is 17.5 Å². The Kier molecular flexibility index (Phi) is 3.68. The van der Waals surface area contributed by atoms with Gasteiger partial charge in [-0.25, -0.2) is 4.39 Å². The molecular weight excluding hydrogens is 265 g/mol. The van der Waals surface area contributed by atoms with Crippen LogP contribution in [-0.4, -0.2) is 6.10 Å². The van der Waals surface area contributed by atoms with Crippen molar-refractivity contribution in [3.8, 4) is 5.75 Å². The van der Waals surface area contributed by atoms with Gasteiger partial charge in [-0.15, -0.1) is 0 Å². The Labute approximate surface area is 124 Å². The third kappa shape index (κ3) is 2.66. The van der Waals surface area contributed by atoms with Gasteiger partial charge in [0.2, 0.25) is 0 Å². The molecule has 3 atom stereocenters. The summed E-state index contributed by atoms with van der Waals surface area (Å²) in [6, 6.07) is 12.7. The summed E-state index contributed by atoms with van der Waals surface area (Å²) in [5.74, 6) is 0.877. The highest BCUT2D eigenvalue weighted by Crippen LogP contribution is 2.38. The summed E-state index contributed by atoms with van der Waals surface area (Å²) in [6.07, 6.45) is 0.786. The first kappa shape index (κ1) is 14.1. The van der Waals surface area contributed by atoms with Gasteiger partial charge in [-0.2, -0.15) is 0 Å². The van der Waals surface area contributed by atoms with Crippen LogP contribution in [0.25, 0.3) is 0 Å². The molecule has 0 amide bonds. The van der Waals surface area contributed by atoms with Gasteiger partial charge in [0.15, 0.2) is 0 Å². The minimum absolute atomic E-state index is 0.0842. The summed E-state index contributed by atoms with van der Waals surface area (Å²) in [5, 5.41) is 0. The fourth-order valence-electron chi connectivity index (χ4n) is 3.12. The van der Waals surface area contributed by atoms with Crippen molar-refractivity contribution in [3.63, 3.8) is 0 Å². The van der Waals surface area contributed by atoms with Crippen LogP contribution in [0.15, 0.2) is 42.5 Å². The zero-order valence-electron chi connectivity index (χ0n) is 12.3. The molecule has 2 nitrogen and oxygen atoms in total. The minimum atomic E-state index is -0.244. The number of ether oxygens (including phenoxy) is 1. The monoisotopic (exact) mass is 285 g/mol. The Bertz CT molecular complexity index is 655. The van der Waals surface area contributed by atoms with Gasteiger partial charge in [0.1, 0.15) is 17.7 Å². The Balaban J connectivity index is 1.87. The summed E-state index contributed by atoms with van der Waals surface area (Å²) in [6.45, 7) is 4.04. The molecule has 3 rings (SSSR count). The molecule has 0 spiro atoms. The second-order valence-electron chi connectivity index (χ2n) is 5.86. The number of rotatable bonds is 2. The van der Waals surface area contributed by atoms with Gasteiger partial charge in [-0.3, -0.25) is 0 Å². The predicted molar refractivity (Wildman–Crippen MR) is 82.0 cm³/mol. The normalized spacial score (nSPS) is 24.5. The van der Waals surface area contributed by atoms with Gasteiger partial charge in [0.05, 0.1) is 6.04 Å². The minimum Gasteiger partial charge on any atom is -0.488 e. The highest BCUT2D eigenvalue weighted by atomic mass is 19.1. The number of hydrogen-bond donors (Lipinski definition) is 1. The Morgan fingerprint density at radius 1 is 1.14 bits per heavy atom. The first-order chi connectivity index (χ1) is 10.1. The fourth-order valence-corrected chi connectivity index (χ4v) is 3.12. The maximum Gasteiger partial charge on any atom is 0.123 e. The third-order valence-electron chi connectivity index (χ3n) is 4.29. The fraction of sp³-hybridized carbons (Fsp3) is 0.333. The van der Waals surface area contributed by atoms with E-state index < -0.39 is 0 Å². The van der Waals surface area contributed by atoms with Gasteiger partial charge < -0.3 is 10.5 Å². The van der Waals surface area contributed by atoms with Crippen LogP contribution in [-0.2, 0) is 0 Å². The van der Waals surface area contributed by atoms with Crippen molar-refractivity contribution in [1.82, 2.24) is 0 Å². The standard InChI is InChI=1S/C18H20FNO/c1-11-10-17(18(20)15-6-4-3-5-14(11)15)21-16-8-7-13(19)9-12(16)2/h3-9,11,17-18H,10,20H2,1-2H3. The molecule has 3 unspecified atom stereocenters. The molecule has 2 aromatic carbocycles. The molecule has 0 fully saturated rings. The van der Waals surface area contributed by atoms with Crippen molar-refractivity contribution in [2.45, 2.75) is 38.3 Å². The average molecular weight is 285 g/mol. The predicted octanol–water partition coefficient (Wildman–Crippen LogP) is 4.09. The molecule has 0 aromatic heterocycles. The highest BCUT2D eigenvalue weighted by molar-refractivity contribution is 5.38. The molecular formula is C18H20FNO. The van der Waals surface area contributed by atoms with E-state index in [-0.39, 0.29) is 18.0 Å². The third-order valence-corrected chi connectivity index (χ3v) is 4.29. The first-order valence-electron chi connectivity index (χ1n) is 7.33. The maximum absolute atomic E-state index is 13.2. The smallest absolute Gasteiger partial charge is 0.123 e. The number of nitrogens with two attached hydrogens (primary N) is 1. The molecule has 2 aromatic rings. The van der Waals surface area contributed by atoms with Gasteiger partial charge in [-0.05, 0) is 54.2 Å². The molecule has 0 radical (unpaired) electrons. The highest BCUT2D eigenvalue weighted by Gasteiger charge is 2.32. The van der Waals surface area contributed by atoms with Gasteiger partial charge >= 0.3 is 0 Å². The lowest BCUT2D eigenvalue weighted by Gasteiger charge is -2.35. The summed E-state index contributed by atoms with van der Waals surface area (Å²) < 4.78 is 19.3. The second kappa shape index (κ2) is 5.49. The van der Waals surface area contributed by atoms with Gasteiger partial charge in [0.25, 0.3) is 0 Å². The largest absolute Gasteiger partial charge is 0.488 e. The second-order valence-corrected chi connectivity index (χ2v) is 5.86. The SMILES string of the molecule is Cc1cc(F)ccc1OC1CC(C)c2ccccc2C1N. The molecule has 3 heteroatoms. The number of fused-ring (bicyclic) bond motifs is 1. The average Bonchev–Trinajstić information content (AvgIpc) is 2.47. The lowest BCUT2D eigenvalue weighted by atomic mass is 9.79. The van der Waals surface area contributed by atoms with Crippen LogP contribution in [0.1, 0.15) is 42.0 Å². The van der Waals surface area contributed by atoms with Crippen molar-refractivity contribution in [3.05, 3.63) is 65.0 Å². The van der Waals surface area contributed by atoms with E-state index in [0.29, 0.717) is 11.7 Å². The molecule has 1 aliphatic carbocycles. The van der Waals surface area contributed by atoms with Gasteiger partial charge in [-0.1, -0.05) is 31.2 Å². The lowest BCUT2D eigenvalue weighted by molar-refractivity contribution is 0.143. The van der Waals surface area contributed by atoms with E-state index in [4.69, 9.17) is 10.5 Å². The summed E-state index contributed by atoms with van der Waals surface area (Å²) >= 11 is 0. The Hall–Kier alpha value is -1.87. The summed E-state index contributed by atoms with van der Waals surface area (Å²) in [4.78, 5) is 0. The van der Waals surface area contributed by atoms with Crippen molar-refractivity contribution in [1.29, 1.82) is 0 Å². The molecule has 0 bridgehead atoms. The molecule has 1 aliphatic rings. The van der Waals surface area contributed by atoms with Crippen LogP contribution < -0.4 is 10.5 Å². The molecule has 0 saturated carbocycles. The maximum atomic E-state index is 13.2. The van der Waals surface area contributed by atoms with Crippen molar-refractivity contribution >= 4 is 0 Å². The quantitative estimate of drug-likeness (QED) is 0.902. The molecule has 2 N–H and O–H groups in total. The van der Waals surface area contributed by atoms with Crippen LogP contribution in [0.3, 0.4) is 0 Å². The van der Waals surface area contributed by atoms with Gasteiger partial charge in [0, 0.05) is 0 Å². The van der Waals surface area contributed by atoms with E-state index in [1.165, 1.54) is 17.7 Å². The molecule has 0 heterocycles. The molecule has 0 aliphatic heterocycles. The molecule has 0 saturated heterocycles. The molecule has 110 valence electrons. The Morgan fingerprint density at radius 2 is 1.86 bits per heavy atom. The summed E-state index contributed by atoms with van der Waals surface area (Å²) in [7, 11) is 0. The van der Waals surface area contributed by atoms with E-state index in [2.05, 4.69) is 19.1 Å². The number of aryl methyl sites for hydroxylation is 1. The van der Waals surface area contributed by atoms with Crippen LogP contribution in [0.4, 0.5) is 4.39 Å². The lowest BCUT2D eigenvalue weighted by Crippen LogP contribution is -2.37. The van der Waals surface area contributed by atoms with E-state index in [1.54, 1.807) is 6.07 Å². The van der Waals surface area contributed by atoms with Crippen LogP contribution in [0.2, 0.25) is 0 Å². The Morgan fingerprint density at radius 3 is 2.57 bits per heavy atom. The van der Waals surface area contributed by atoms with E-state index in [1.807, 2.05) is 19.1 Å². The van der Waals surface area contributed by atoms with Crippen LogP contribution in [0.5, 0.6) is 5.75 Å². The van der Waals surface area contributed by atoms with Crippen LogP contribution in [0, 0.1) is 12.7 Å². The molecule has 21 heavy (non-hydrogen) atoms.